The van der Waals surface area contributed by atoms with Gasteiger partial charge < -0.3 is 19.3 Å². The first-order chi connectivity index (χ1) is 7.60. The first kappa shape index (κ1) is 10.5. The van der Waals surface area contributed by atoms with E-state index in [1.165, 1.54) is 0 Å². The number of hydrogen-bond donors (Lipinski definition) is 1. The van der Waals surface area contributed by atoms with E-state index in [0.717, 1.165) is 25.7 Å². The molecule has 3 fully saturated rings. The van der Waals surface area contributed by atoms with Crippen LogP contribution in [0.3, 0.4) is 0 Å². The van der Waals surface area contributed by atoms with Crippen molar-refractivity contribution < 1.29 is 24.1 Å². The zero-order valence-corrected chi connectivity index (χ0v) is 9.22. The van der Waals surface area contributed by atoms with Crippen molar-refractivity contribution >= 4 is 5.97 Å². The third-order valence-electron chi connectivity index (χ3n) is 3.78. The number of aliphatic hydroxyl groups is 1. The zero-order chi connectivity index (χ0) is 11.3. The smallest absolute Gasteiger partial charge is 0.340 e. The van der Waals surface area contributed by atoms with E-state index in [1.54, 1.807) is 0 Å². The largest absolute Gasteiger partial charge is 0.431 e. The number of carbonyl (C=O) groups is 1. The highest BCUT2D eigenvalue weighted by Crippen LogP contribution is 2.44. The van der Waals surface area contributed by atoms with Crippen molar-refractivity contribution in [3.05, 3.63) is 0 Å². The normalized spacial score (nSPS) is 51.8. The summed E-state index contributed by atoms with van der Waals surface area (Å²) in [6, 6.07) is 0. The van der Waals surface area contributed by atoms with Gasteiger partial charge in [0, 0.05) is 12.8 Å². The Bertz CT molecular complexity index is 307. The Kier molecular flexibility index (Phi) is 2.24. The van der Waals surface area contributed by atoms with Crippen LogP contribution in [-0.4, -0.2) is 35.4 Å². The molecule has 0 aromatic carbocycles. The molecular formula is C11H16O5. The maximum absolute atomic E-state index is 11.4. The molecule has 16 heavy (non-hydrogen) atoms. The van der Waals surface area contributed by atoms with Gasteiger partial charge in [-0.3, -0.25) is 0 Å². The van der Waals surface area contributed by atoms with Gasteiger partial charge in [0.1, 0.15) is 0 Å². The maximum atomic E-state index is 11.4. The number of cyclic esters (lactones) is 1. The van der Waals surface area contributed by atoms with Crippen LogP contribution in [0.1, 0.15) is 32.6 Å². The van der Waals surface area contributed by atoms with Gasteiger partial charge in [0.15, 0.2) is 18.0 Å². The monoisotopic (exact) mass is 228 g/mol. The van der Waals surface area contributed by atoms with Gasteiger partial charge in [-0.05, 0) is 18.8 Å². The number of ether oxygens (including phenoxy) is 3. The Hall–Kier alpha value is -0.650. The summed E-state index contributed by atoms with van der Waals surface area (Å²) in [4.78, 5) is 11.4. The average molecular weight is 228 g/mol. The van der Waals surface area contributed by atoms with E-state index in [9.17, 15) is 9.90 Å². The van der Waals surface area contributed by atoms with Crippen molar-refractivity contribution in [3.63, 3.8) is 0 Å². The van der Waals surface area contributed by atoms with Crippen LogP contribution in [-0.2, 0) is 19.0 Å². The molecule has 2 aliphatic heterocycles. The van der Waals surface area contributed by atoms with Crippen LogP contribution in [0.2, 0.25) is 0 Å². The fourth-order valence-electron chi connectivity index (χ4n) is 2.72. The van der Waals surface area contributed by atoms with Crippen molar-refractivity contribution in [1.82, 2.24) is 0 Å². The Morgan fingerprint density at radius 3 is 2.62 bits per heavy atom. The summed E-state index contributed by atoms with van der Waals surface area (Å²) in [5, 5.41) is 9.49. The molecule has 1 unspecified atom stereocenters. The van der Waals surface area contributed by atoms with Crippen LogP contribution in [0.15, 0.2) is 0 Å². The van der Waals surface area contributed by atoms with Gasteiger partial charge in [0.05, 0.1) is 0 Å². The molecule has 1 saturated carbocycles. The molecule has 0 aromatic rings. The van der Waals surface area contributed by atoms with Crippen molar-refractivity contribution in [3.8, 4) is 0 Å². The Morgan fingerprint density at radius 1 is 1.31 bits per heavy atom. The van der Waals surface area contributed by atoms with E-state index < -0.39 is 30.3 Å². The lowest BCUT2D eigenvalue weighted by Gasteiger charge is -2.35. The first-order valence-corrected chi connectivity index (χ1v) is 5.84. The Balaban J connectivity index is 1.75. The number of rotatable bonds is 0. The van der Waals surface area contributed by atoms with E-state index in [0.29, 0.717) is 5.92 Å². The average Bonchev–Trinajstić information content (AvgIpc) is 2.73. The highest BCUT2D eigenvalue weighted by Gasteiger charge is 2.59. The van der Waals surface area contributed by atoms with Gasteiger partial charge in [0.2, 0.25) is 6.29 Å². The molecule has 1 N–H and O–H groups in total. The summed E-state index contributed by atoms with van der Waals surface area (Å²) >= 11 is 0. The van der Waals surface area contributed by atoms with Gasteiger partial charge in [-0.1, -0.05) is 6.92 Å². The molecule has 3 rings (SSSR count). The predicted octanol–water partition coefficient (Wildman–Crippen LogP) is 0.552. The lowest BCUT2D eigenvalue weighted by Crippen LogP contribution is -2.38. The molecular weight excluding hydrogens is 212 g/mol. The molecule has 2 heterocycles. The van der Waals surface area contributed by atoms with Crippen LogP contribution in [0.5, 0.6) is 0 Å². The molecule has 3 aliphatic rings. The highest BCUT2D eigenvalue weighted by molar-refractivity contribution is 5.78. The van der Waals surface area contributed by atoms with E-state index in [1.807, 2.05) is 0 Å². The fourth-order valence-corrected chi connectivity index (χ4v) is 2.72. The molecule has 2 saturated heterocycles. The zero-order valence-electron chi connectivity index (χ0n) is 9.22. The molecule has 5 heteroatoms. The predicted molar refractivity (Wildman–Crippen MR) is 52.2 cm³/mol. The number of fused-ring (bicyclic) bond motifs is 1. The topological polar surface area (TPSA) is 65.0 Å². The van der Waals surface area contributed by atoms with Crippen molar-refractivity contribution in [2.45, 2.75) is 56.9 Å². The van der Waals surface area contributed by atoms with E-state index in [-0.39, 0.29) is 0 Å². The Labute approximate surface area is 93.7 Å². The van der Waals surface area contributed by atoms with Crippen molar-refractivity contribution in [2.75, 3.05) is 0 Å². The first-order valence-electron chi connectivity index (χ1n) is 5.84. The summed E-state index contributed by atoms with van der Waals surface area (Å²) in [5.74, 6) is -0.481. The number of aliphatic hydroxyl groups excluding tert-OH is 1. The second-order valence-electron chi connectivity index (χ2n) is 5.04. The molecule has 1 aliphatic carbocycles. The fraction of sp³-hybridized carbons (Fsp3) is 0.909. The van der Waals surface area contributed by atoms with Crippen LogP contribution in [0.25, 0.3) is 0 Å². The van der Waals surface area contributed by atoms with Gasteiger partial charge in [0.25, 0.3) is 0 Å². The van der Waals surface area contributed by atoms with Gasteiger partial charge in [-0.2, -0.15) is 0 Å². The second kappa shape index (κ2) is 3.42. The Morgan fingerprint density at radius 2 is 2.00 bits per heavy atom. The summed E-state index contributed by atoms with van der Waals surface area (Å²) in [5.41, 5.74) is 0. The summed E-state index contributed by atoms with van der Waals surface area (Å²) in [7, 11) is 0. The molecule has 0 bridgehead atoms. The van der Waals surface area contributed by atoms with E-state index in [4.69, 9.17) is 9.47 Å². The quantitative estimate of drug-likeness (QED) is 0.613. The minimum atomic E-state index is -1.17. The minimum absolute atomic E-state index is 0.506. The van der Waals surface area contributed by atoms with E-state index >= 15 is 0 Å². The number of carbonyl (C=O) groups excluding carboxylic acids is 1. The molecule has 5 nitrogen and oxygen atoms in total. The number of esters is 1. The summed E-state index contributed by atoms with van der Waals surface area (Å²) in [6.45, 7) is 2.20. The van der Waals surface area contributed by atoms with E-state index in [2.05, 4.69) is 11.7 Å². The van der Waals surface area contributed by atoms with Gasteiger partial charge in [-0.25, -0.2) is 4.79 Å². The summed E-state index contributed by atoms with van der Waals surface area (Å²) in [6.07, 6.45) is 1.11. The van der Waals surface area contributed by atoms with Crippen molar-refractivity contribution in [1.29, 1.82) is 0 Å². The minimum Gasteiger partial charge on any atom is -0.431 e. The lowest BCUT2D eigenvalue weighted by atomic mass is 9.86. The van der Waals surface area contributed by atoms with Crippen LogP contribution >= 0.6 is 0 Å². The molecule has 3 atom stereocenters. The number of hydrogen-bond acceptors (Lipinski definition) is 5. The van der Waals surface area contributed by atoms with Crippen LogP contribution in [0.4, 0.5) is 0 Å². The molecule has 0 amide bonds. The standard InChI is InChI=1S/C11H16O5/c1-6-2-4-11(5-3-6)15-7-8(16-11)10(13)14-9(7)12/h6-9,12H,2-5H2,1H3/t6?,7-,8+,9?,11?/m1/s1. The second-order valence-corrected chi connectivity index (χ2v) is 5.04. The third-order valence-corrected chi connectivity index (χ3v) is 3.78. The van der Waals surface area contributed by atoms with Crippen LogP contribution < -0.4 is 0 Å². The summed E-state index contributed by atoms with van der Waals surface area (Å²) < 4.78 is 16.1. The maximum Gasteiger partial charge on any atom is 0.340 e. The molecule has 0 aromatic heterocycles. The lowest BCUT2D eigenvalue weighted by molar-refractivity contribution is -0.236. The van der Waals surface area contributed by atoms with Crippen LogP contribution in [0, 0.1) is 5.92 Å². The molecule has 0 radical (unpaired) electrons. The highest BCUT2D eigenvalue weighted by atomic mass is 16.8. The van der Waals surface area contributed by atoms with Crippen molar-refractivity contribution in [2.24, 2.45) is 5.92 Å². The SMILES string of the molecule is CC1CCC2(CC1)O[C@@H]1C(=O)OC(O)[C@@H]1O2. The molecule has 1 spiro atoms. The molecule has 90 valence electrons. The van der Waals surface area contributed by atoms with Gasteiger partial charge in [-0.15, -0.1) is 0 Å². The van der Waals surface area contributed by atoms with Gasteiger partial charge >= 0.3 is 5.97 Å². The third kappa shape index (κ3) is 1.46.